The van der Waals surface area contributed by atoms with Crippen molar-refractivity contribution in [3.8, 4) is 5.75 Å². The van der Waals surface area contributed by atoms with Gasteiger partial charge in [-0.05, 0) is 67.7 Å². The number of hydrogen-bond donors (Lipinski definition) is 1. The van der Waals surface area contributed by atoms with Gasteiger partial charge in [0.05, 0.1) is 29.4 Å². The Morgan fingerprint density at radius 1 is 1.18 bits per heavy atom. The standard InChI is InChI=1S/C31H38N2O6S/c1-4-5-6-20-9-10-21(34)29-27(20)28-30(40-29)32-26(15-18-7-11-22(36-2)24(13-18)37-3)33(31(28)35)16-19-8-12-23-25(14-19)39-17-38-23/h7,9-10,13,19,22-23,25,34H,4-6,8,11-12,14-17H2,1-3H3/t19?,22?,23-,25?/m1/s1. The van der Waals surface area contributed by atoms with Crippen LogP contribution in [-0.4, -0.2) is 54.0 Å². The Kier molecular flexibility index (Phi) is 7.99. The fraction of sp³-hybridized carbons (Fsp3) is 0.548. The molecule has 3 unspecified atom stereocenters. The summed E-state index contributed by atoms with van der Waals surface area (Å²) in [6.45, 7) is 3.10. The minimum Gasteiger partial charge on any atom is -0.506 e. The molecule has 1 saturated heterocycles. The van der Waals surface area contributed by atoms with Crippen molar-refractivity contribution >= 4 is 31.6 Å². The van der Waals surface area contributed by atoms with Crippen LogP contribution in [0.4, 0.5) is 0 Å². The van der Waals surface area contributed by atoms with E-state index in [0.717, 1.165) is 71.3 Å². The first-order valence-corrected chi connectivity index (χ1v) is 15.2. The van der Waals surface area contributed by atoms with Gasteiger partial charge in [0.1, 0.15) is 35.1 Å². The molecule has 0 bridgehead atoms. The maximum atomic E-state index is 14.4. The molecule has 1 N–H and O–H groups in total. The molecular weight excluding hydrogens is 528 g/mol. The zero-order chi connectivity index (χ0) is 27.8. The maximum Gasteiger partial charge on any atom is 0.262 e. The minimum absolute atomic E-state index is 0.0255. The van der Waals surface area contributed by atoms with E-state index in [9.17, 15) is 9.90 Å². The van der Waals surface area contributed by atoms with E-state index < -0.39 is 0 Å². The van der Waals surface area contributed by atoms with Crippen molar-refractivity contribution in [3.05, 3.63) is 57.4 Å². The van der Waals surface area contributed by atoms with Crippen LogP contribution < -0.4 is 5.56 Å². The van der Waals surface area contributed by atoms with Crippen molar-refractivity contribution in [2.45, 2.75) is 83.1 Å². The maximum absolute atomic E-state index is 14.4. The molecule has 6 rings (SSSR count). The number of methoxy groups -OCH3 is 2. The summed E-state index contributed by atoms with van der Waals surface area (Å²) in [5.74, 6) is 2.01. The highest BCUT2D eigenvalue weighted by atomic mass is 32.1. The summed E-state index contributed by atoms with van der Waals surface area (Å²) in [4.78, 5) is 20.2. The molecule has 40 heavy (non-hydrogen) atoms. The third-order valence-electron chi connectivity index (χ3n) is 8.65. The lowest BCUT2D eigenvalue weighted by molar-refractivity contribution is 0.0385. The number of allylic oxidation sites excluding steroid dienone is 2. The number of fused-ring (bicyclic) bond motifs is 4. The molecule has 3 aliphatic rings. The Morgan fingerprint density at radius 2 is 2.02 bits per heavy atom. The Hall–Kier alpha value is -2.72. The molecule has 214 valence electrons. The summed E-state index contributed by atoms with van der Waals surface area (Å²) in [5.41, 5.74) is 2.13. The summed E-state index contributed by atoms with van der Waals surface area (Å²) in [7, 11) is 3.34. The lowest BCUT2D eigenvalue weighted by Crippen LogP contribution is -2.36. The summed E-state index contributed by atoms with van der Waals surface area (Å²) < 4.78 is 25.4. The van der Waals surface area contributed by atoms with E-state index in [1.807, 2.05) is 16.7 Å². The van der Waals surface area contributed by atoms with Gasteiger partial charge in [-0.2, -0.15) is 0 Å². The normalized spacial score (nSPS) is 24.8. The van der Waals surface area contributed by atoms with E-state index in [2.05, 4.69) is 13.0 Å². The lowest BCUT2D eigenvalue weighted by atomic mass is 9.85. The third-order valence-corrected chi connectivity index (χ3v) is 9.76. The number of ether oxygens (including phenoxy) is 4. The Morgan fingerprint density at radius 3 is 2.83 bits per heavy atom. The average Bonchev–Trinajstić information content (AvgIpc) is 3.60. The smallest absolute Gasteiger partial charge is 0.262 e. The van der Waals surface area contributed by atoms with Gasteiger partial charge in [-0.25, -0.2) is 4.98 Å². The molecule has 0 spiro atoms. The SMILES string of the molecule is CCCCc1ccc(O)c2sc3nc(CC4=CCC(OC)C(OC)=C4)n(CC4CC[C@H]5OCOC5C4)c(=O)c3c12. The van der Waals surface area contributed by atoms with Gasteiger partial charge in [0.25, 0.3) is 5.56 Å². The number of aromatic nitrogens is 2. The van der Waals surface area contributed by atoms with Crippen LogP contribution in [0.15, 0.2) is 40.4 Å². The second kappa shape index (κ2) is 11.6. The minimum atomic E-state index is -0.109. The highest BCUT2D eigenvalue weighted by Crippen LogP contribution is 2.40. The quantitative estimate of drug-likeness (QED) is 0.360. The predicted molar refractivity (Wildman–Crippen MR) is 156 cm³/mol. The second-order valence-corrected chi connectivity index (χ2v) is 12.2. The van der Waals surface area contributed by atoms with Crippen molar-refractivity contribution in [1.29, 1.82) is 0 Å². The van der Waals surface area contributed by atoms with Crippen LogP contribution in [0.3, 0.4) is 0 Å². The molecule has 4 atom stereocenters. The summed E-state index contributed by atoms with van der Waals surface area (Å²) in [6, 6.07) is 3.71. The molecule has 0 amide bonds. The van der Waals surface area contributed by atoms with Gasteiger partial charge in [0, 0.05) is 25.5 Å². The van der Waals surface area contributed by atoms with Crippen LogP contribution in [-0.2, 0) is 38.3 Å². The molecule has 1 saturated carbocycles. The van der Waals surface area contributed by atoms with Gasteiger partial charge >= 0.3 is 0 Å². The summed E-state index contributed by atoms with van der Waals surface area (Å²) >= 11 is 1.41. The number of phenolic OH excluding ortho intramolecular Hbond substituents is 1. The van der Waals surface area contributed by atoms with Gasteiger partial charge in [0.2, 0.25) is 0 Å². The molecule has 1 aliphatic heterocycles. The van der Waals surface area contributed by atoms with E-state index in [-0.39, 0.29) is 29.6 Å². The van der Waals surface area contributed by atoms with Crippen LogP contribution in [0.5, 0.6) is 5.75 Å². The monoisotopic (exact) mass is 566 g/mol. The molecule has 3 heterocycles. The van der Waals surface area contributed by atoms with E-state index in [0.29, 0.717) is 42.3 Å². The van der Waals surface area contributed by atoms with Gasteiger partial charge in [-0.1, -0.05) is 25.5 Å². The van der Waals surface area contributed by atoms with Crippen LogP contribution in [0.2, 0.25) is 0 Å². The second-order valence-electron chi connectivity index (χ2n) is 11.2. The number of nitrogens with zero attached hydrogens (tertiary/aromatic N) is 2. The number of phenols is 1. The summed E-state index contributed by atoms with van der Waals surface area (Å²) in [6.07, 6.45) is 11.2. The molecule has 2 fully saturated rings. The molecular formula is C31H38N2O6S. The average molecular weight is 567 g/mol. The number of rotatable bonds is 9. The third kappa shape index (κ3) is 5.09. The van der Waals surface area contributed by atoms with Crippen molar-refractivity contribution in [2.75, 3.05) is 21.0 Å². The number of hydrogen-bond acceptors (Lipinski definition) is 8. The highest BCUT2D eigenvalue weighted by Gasteiger charge is 2.36. The predicted octanol–water partition coefficient (Wildman–Crippen LogP) is 5.62. The first kappa shape index (κ1) is 27.4. The number of thiophene rings is 1. The number of benzene rings is 1. The van der Waals surface area contributed by atoms with Gasteiger partial charge in [0.15, 0.2) is 0 Å². The van der Waals surface area contributed by atoms with Crippen molar-refractivity contribution in [1.82, 2.24) is 9.55 Å². The van der Waals surface area contributed by atoms with E-state index in [1.165, 1.54) is 11.3 Å². The number of aryl methyl sites for hydroxylation is 1. The summed E-state index contributed by atoms with van der Waals surface area (Å²) in [5, 5.41) is 12.3. The fourth-order valence-electron chi connectivity index (χ4n) is 6.46. The Balaban J connectivity index is 1.46. The van der Waals surface area contributed by atoms with E-state index in [1.54, 1.807) is 20.3 Å². The number of aromatic hydroxyl groups is 1. The zero-order valence-corrected chi connectivity index (χ0v) is 24.3. The first-order chi connectivity index (χ1) is 19.5. The Labute approximate surface area is 238 Å². The van der Waals surface area contributed by atoms with Crippen LogP contribution in [0.25, 0.3) is 20.3 Å². The molecule has 2 aromatic heterocycles. The van der Waals surface area contributed by atoms with Crippen molar-refractivity contribution in [3.63, 3.8) is 0 Å². The van der Waals surface area contributed by atoms with Crippen LogP contribution in [0.1, 0.15) is 56.8 Å². The van der Waals surface area contributed by atoms with Crippen LogP contribution >= 0.6 is 11.3 Å². The lowest BCUT2D eigenvalue weighted by Gasteiger charge is -2.30. The molecule has 9 heteroatoms. The molecule has 0 radical (unpaired) electrons. The molecule has 8 nitrogen and oxygen atoms in total. The van der Waals surface area contributed by atoms with Gasteiger partial charge in [-0.3, -0.25) is 9.36 Å². The zero-order valence-electron chi connectivity index (χ0n) is 23.5. The first-order valence-electron chi connectivity index (χ1n) is 14.4. The topological polar surface area (TPSA) is 92.0 Å². The molecule has 1 aromatic carbocycles. The molecule has 2 aliphatic carbocycles. The Bertz CT molecular complexity index is 1520. The van der Waals surface area contributed by atoms with Gasteiger partial charge < -0.3 is 24.1 Å². The van der Waals surface area contributed by atoms with E-state index >= 15 is 0 Å². The van der Waals surface area contributed by atoms with Crippen LogP contribution in [0, 0.1) is 5.92 Å². The van der Waals surface area contributed by atoms with Gasteiger partial charge in [-0.15, -0.1) is 11.3 Å². The number of unbranched alkanes of at least 4 members (excludes halogenated alkanes) is 1. The van der Waals surface area contributed by atoms with Crippen molar-refractivity contribution < 1.29 is 24.1 Å². The highest BCUT2D eigenvalue weighted by molar-refractivity contribution is 7.25. The van der Waals surface area contributed by atoms with E-state index in [4.69, 9.17) is 23.9 Å². The molecule has 3 aromatic rings. The van der Waals surface area contributed by atoms with Crippen molar-refractivity contribution in [2.24, 2.45) is 5.92 Å². The largest absolute Gasteiger partial charge is 0.506 e. The fourth-order valence-corrected chi connectivity index (χ4v) is 7.60.